The monoisotopic (exact) mass is 575 g/mol. The third-order valence-electron chi connectivity index (χ3n) is 7.61. The minimum absolute atomic E-state index is 0.135. The van der Waals surface area contributed by atoms with Gasteiger partial charge in [-0.25, -0.2) is 14.8 Å². The molecule has 1 saturated carbocycles. The SMILES string of the molecule is CC1CCC(Cn2c(NC(c3ccccc3)C(C)O)nc3nc(C(=N)OC(N)=O)nc(-c4cccc(Cl)c4)c32)CC1. The van der Waals surface area contributed by atoms with Crippen LogP contribution in [0.4, 0.5) is 10.7 Å². The molecule has 5 N–H and O–H groups in total. The highest BCUT2D eigenvalue weighted by Gasteiger charge is 2.28. The van der Waals surface area contributed by atoms with E-state index in [2.05, 4.69) is 26.8 Å². The van der Waals surface area contributed by atoms with Crippen molar-refractivity contribution in [2.45, 2.75) is 58.2 Å². The summed E-state index contributed by atoms with van der Waals surface area (Å²) in [5, 5.41) is 23.0. The van der Waals surface area contributed by atoms with Gasteiger partial charge in [0.25, 0.3) is 5.90 Å². The van der Waals surface area contributed by atoms with Crippen LogP contribution >= 0.6 is 11.6 Å². The molecule has 2 aromatic heterocycles. The summed E-state index contributed by atoms with van der Waals surface area (Å²) >= 11 is 6.37. The largest absolute Gasteiger partial charge is 0.411 e. The lowest BCUT2D eigenvalue weighted by Gasteiger charge is -2.28. The van der Waals surface area contributed by atoms with E-state index in [1.54, 1.807) is 19.1 Å². The van der Waals surface area contributed by atoms with E-state index in [0.29, 0.717) is 51.8 Å². The zero-order chi connectivity index (χ0) is 29.1. The van der Waals surface area contributed by atoms with Gasteiger partial charge in [-0.3, -0.25) is 5.41 Å². The number of hydrogen-bond acceptors (Lipinski definition) is 8. The maximum Gasteiger partial charge on any atom is 0.411 e. The van der Waals surface area contributed by atoms with E-state index in [-0.39, 0.29) is 5.82 Å². The Bertz CT molecular complexity index is 1550. The maximum absolute atomic E-state index is 11.4. The van der Waals surface area contributed by atoms with E-state index in [9.17, 15) is 9.90 Å². The standard InChI is InChI=1S/C30H34ClN7O3/c1-17-11-13-19(14-12-17)16-38-25-24(21-9-6-10-22(31)15-21)34-28(26(32)41-29(33)40)36-27(25)37-30(38)35-23(18(2)39)20-7-4-3-5-8-20/h3-10,15,17-19,23,32,39H,11-14,16H2,1-2H3,(H2,33,40)(H,34,35,36,37). The summed E-state index contributed by atoms with van der Waals surface area (Å²) in [6, 6.07) is 16.5. The number of amides is 1. The Hall–Kier alpha value is -4.02. The lowest BCUT2D eigenvalue weighted by Crippen LogP contribution is -2.26. The van der Waals surface area contributed by atoms with Crippen LogP contribution in [0.5, 0.6) is 0 Å². The number of benzene rings is 2. The highest BCUT2D eigenvalue weighted by Crippen LogP contribution is 2.36. The average molecular weight is 576 g/mol. The molecular formula is C30H34ClN7O3. The van der Waals surface area contributed by atoms with Crippen molar-refractivity contribution >= 4 is 40.7 Å². The van der Waals surface area contributed by atoms with Crippen molar-refractivity contribution in [3.63, 3.8) is 0 Å². The molecule has 10 nitrogen and oxygen atoms in total. The van der Waals surface area contributed by atoms with Crippen LogP contribution in [0, 0.1) is 17.2 Å². The number of aromatic nitrogens is 4. The van der Waals surface area contributed by atoms with Gasteiger partial charge in [0.15, 0.2) is 5.65 Å². The molecule has 2 aromatic carbocycles. The summed E-state index contributed by atoms with van der Waals surface area (Å²) in [5.41, 5.74) is 8.22. The first-order chi connectivity index (χ1) is 19.7. The van der Waals surface area contributed by atoms with Gasteiger partial charge in [-0.1, -0.05) is 73.8 Å². The number of nitrogens with one attached hydrogen (secondary N) is 2. The third-order valence-corrected chi connectivity index (χ3v) is 7.84. The first kappa shape index (κ1) is 28.5. The lowest BCUT2D eigenvalue weighted by molar-refractivity contribution is 0.171. The van der Waals surface area contributed by atoms with Crippen LogP contribution < -0.4 is 11.1 Å². The summed E-state index contributed by atoms with van der Waals surface area (Å²) in [4.78, 5) is 25.4. The van der Waals surface area contributed by atoms with E-state index in [4.69, 9.17) is 32.5 Å². The Morgan fingerprint density at radius 3 is 2.54 bits per heavy atom. The Balaban J connectivity index is 1.70. The smallest absolute Gasteiger partial charge is 0.391 e. The molecule has 1 amide bonds. The second-order valence-electron chi connectivity index (χ2n) is 10.8. The van der Waals surface area contributed by atoms with Crippen molar-refractivity contribution in [2.24, 2.45) is 17.6 Å². The Kier molecular flexibility index (Phi) is 8.51. The van der Waals surface area contributed by atoms with Gasteiger partial charge in [0.05, 0.1) is 12.1 Å². The molecule has 0 radical (unpaired) electrons. The molecule has 0 spiro atoms. The molecule has 0 saturated heterocycles. The zero-order valence-corrected chi connectivity index (χ0v) is 23.8. The molecule has 2 unspecified atom stereocenters. The number of aliphatic hydroxyl groups excluding tert-OH is 1. The van der Waals surface area contributed by atoms with Gasteiger partial charge in [-0.05, 0) is 49.3 Å². The number of ether oxygens (including phenoxy) is 1. The van der Waals surface area contributed by atoms with Crippen LogP contribution in [-0.4, -0.2) is 42.7 Å². The average Bonchev–Trinajstić information content (AvgIpc) is 3.29. The van der Waals surface area contributed by atoms with Crippen molar-refractivity contribution < 1.29 is 14.6 Å². The number of rotatable bonds is 8. The molecule has 1 aliphatic rings. The Morgan fingerprint density at radius 2 is 1.88 bits per heavy atom. The van der Waals surface area contributed by atoms with E-state index in [0.717, 1.165) is 31.2 Å². The number of nitrogens with zero attached hydrogens (tertiary/aromatic N) is 4. The fourth-order valence-corrected chi connectivity index (χ4v) is 5.65. The lowest BCUT2D eigenvalue weighted by atomic mass is 9.83. The number of imidazole rings is 1. The minimum Gasteiger partial charge on any atom is -0.391 e. The van der Waals surface area contributed by atoms with E-state index < -0.39 is 24.1 Å². The molecule has 41 heavy (non-hydrogen) atoms. The van der Waals surface area contributed by atoms with Crippen molar-refractivity contribution in [1.29, 1.82) is 5.41 Å². The fourth-order valence-electron chi connectivity index (χ4n) is 5.46. The van der Waals surface area contributed by atoms with Crippen LogP contribution in [0.3, 0.4) is 0 Å². The third kappa shape index (κ3) is 6.49. The van der Waals surface area contributed by atoms with Crippen LogP contribution in [0.25, 0.3) is 22.4 Å². The second kappa shape index (κ2) is 12.2. The summed E-state index contributed by atoms with van der Waals surface area (Å²) in [7, 11) is 0. The number of hydrogen-bond donors (Lipinski definition) is 4. The molecule has 2 atom stereocenters. The van der Waals surface area contributed by atoms with E-state index in [1.807, 2.05) is 42.5 Å². The minimum atomic E-state index is -1.13. The number of fused-ring (bicyclic) bond motifs is 1. The number of primary amides is 1. The summed E-state index contributed by atoms with van der Waals surface area (Å²) in [6.45, 7) is 4.69. The molecule has 5 rings (SSSR count). The highest BCUT2D eigenvalue weighted by atomic mass is 35.5. The van der Waals surface area contributed by atoms with Crippen LogP contribution in [-0.2, 0) is 11.3 Å². The van der Waals surface area contributed by atoms with Gasteiger partial charge < -0.3 is 25.5 Å². The molecule has 11 heteroatoms. The van der Waals surface area contributed by atoms with Crippen LogP contribution in [0.1, 0.15) is 57.0 Å². The van der Waals surface area contributed by atoms with Gasteiger partial charge in [0, 0.05) is 17.1 Å². The van der Waals surface area contributed by atoms with Crippen LogP contribution in [0.15, 0.2) is 54.6 Å². The summed E-state index contributed by atoms with van der Waals surface area (Å²) in [6.07, 6.45) is 2.62. The number of halogens is 1. The predicted octanol–water partition coefficient (Wildman–Crippen LogP) is 5.93. The van der Waals surface area contributed by atoms with Crippen molar-refractivity contribution in [3.8, 4) is 11.3 Å². The summed E-state index contributed by atoms with van der Waals surface area (Å²) in [5.74, 6) is 0.910. The van der Waals surface area contributed by atoms with Gasteiger partial charge in [-0.15, -0.1) is 0 Å². The number of nitrogens with two attached hydrogens (primary N) is 1. The highest BCUT2D eigenvalue weighted by molar-refractivity contribution is 6.30. The van der Waals surface area contributed by atoms with Crippen molar-refractivity contribution in [1.82, 2.24) is 19.5 Å². The van der Waals surface area contributed by atoms with Gasteiger partial charge in [0.1, 0.15) is 11.2 Å². The van der Waals surface area contributed by atoms with Crippen molar-refractivity contribution in [2.75, 3.05) is 5.32 Å². The molecule has 214 valence electrons. The zero-order valence-electron chi connectivity index (χ0n) is 23.0. The quantitative estimate of drug-likeness (QED) is 0.150. The normalized spacial score (nSPS) is 18.5. The number of carbonyl (C=O) groups is 1. The summed E-state index contributed by atoms with van der Waals surface area (Å²) < 4.78 is 6.89. The van der Waals surface area contributed by atoms with Gasteiger partial charge >= 0.3 is 6.09 Å². The molecular weight excluding hydrogens is 542 g/mol. The second-order valence-corrected chi connectivity index (χ2v) is 11.2. The number of carbonyl (C=O) groups excluding carboxylic acids is 1. The molecule has 0 bridgehead atoms. The van der Waals surface area contributed by atoms with Crippen molar-refractivity contribution in [3.05, 3.63) is 71.0 Å². The van der Waals surface area contributed by atoms with E-state index >= 15 is 0 Å². The predicted molar refractivity (Wildman–Crippen MR) is 159 cm³/mol. The molecule has 2 heterocycles. The van der Waals surface area contributed by atoms with Crippen LogP contribution in [0.2, 0.25) is 5.02 Å². The molecule has 1 fully saturated rings. The molecule has 4 aromatic rings. The fraction of sp³-hybridized carbons (Fsp3) is 0.367. The maximum atomic E-state index is 11.4. The number of aliphatic hydroxyl groups is 1. The van der Waals surface area contributed by atoms with Gasteiger partial charge in [-0.2, -0.15) is 4.98 Å². The molecule has 0 aliphatic heterocycles. The Morgan fingerprint density at radius 1 is 1.15 bits per heavy atom. The number of anilines is 1. The first-order valence-electron chi connectivity index (χ1n) is 13.8. The van der Waals surface area contributed by atoms with E-state index in [1.165, 1.54) is 0 Å². The van der Waals surface area contributed by atoms with Gasteiger partial charge in [0.2, 0.25) is 11.8 Å². The molecule has 1 aliphatic carbocycles. The topological polar surface area (TPSA) is 152 Å². The Labute approximate surface area is 243 Å². The first-order valence-corrected chi connectivity index (χ1v) is 14.2.